The molecule has 1 rings (SSSR count). The van der Waals surface area contributed by atoms with Gasteiger partial charge in [0.05, 0.1) is 0 Å². The van der Waals surface area contributed by atoms with Crippen molar-refractivity contribution in [3.05, 3.63) is 34.3 Å². The normalized spacial score (nSPS) is 11.8. The molecule has 0 spiro atoms. The molecule has 0 aliphatic carbocycles. The van der Waals surface area contributed by atoms with Crippen LogP contribution < -0.4 is 10.6 Å². The van der Waals surface area contributed by atoms with Crippen molar-refractivity contribution in [3.63, 3.8) is 0 Å². The van der Waals surface area contributed by atoms with Gasteiger partial charge in [0, 0.05) is 43.2 Å². The molecule has 2 N–H and O–H groups in total. The van der Waals surface area contributed by atoms with Gasteiger partial charge in [-0.3, -0.25) is 4.99 Å². The van der Waals surface area contributed by atoms with E-state index in [9.17, 15) is 0 Å². The molecule has 0 fully saturated rings. The number of aliphatic imine (C=N–C) groups is 1. The first-order chi connectivity index (χ1) is 11.0. The Morgan fingerprint density at radius 1 is 1.17 bits per heavy atom. The molecule has 0 amide bonds. The largest absolute Gasteiger partial charge is 0.382 e. The summed E-state index contributed by atoms with van der Waals surface area (Å²) in [6, 6.07) is 8.50. The Hall–Kier alpha value is -0.340. The molecule has 0 radical (unpaired) electrons. The first-order valence-corrected chi connectivity index (χ1v) is 9.07. The maximum Gasteiger partial charge on any atom is 0.191 e. The van der Waals surface area contributed by atoms with Crippen molar-refractivity contribution in [2.75, 3.05) is 33.4 Å². The molecule has 0 aliphatic rings. The number of nitrogens with zero attached hydrogens (tertiary/aromatic N) is 1. The highest BCUT2D eigenvalue weighted by molar-refractivity contribution is 14.0. The van der Waals surface area contributed by atoms with Crippen LogP contribution in [-0.2, 0) is 10.2 Å². The van der Waals surface area contributed by atoms with Gasteiger partial charge in [0.25, 0.3) is 0 Å². The van der Waals surface area contributed by atoms with Crippen molar-refractivity contribution in [3.8, 4) is 0 Å². The van der Waals surface area contributed by atoms with Crippen LogP contribution in [0.4, 0.5) is 0 Å². The molecular formula is C18H31BrIN3O. The van der Waals surface area contributed by atoms with Crippen molar-refractivity contribution in [2.24, 2.45) is 4.99 Å². The number of unbranched alkanes of at least 4 members (excludes halogenated alkanes) is 1. The van der Waals surface area contributed by atoms with Crippen molar-refractivity contribution in [2.45, 2.75) is 39.0 Å². The summed E-state index contributed by atoms with van der Waals surface area (Å²) in [6.07, 6.45) is 2.15. The number of hydrogen-bond donors (Lipinski definition) is 2. The molecule has 0 aromatic heterocycles. The van der Waals surface area contributed by atoms with Gasteiger partial charge in [-0.1, -0.05) is 41.9 Å². The average molecular weight is 512 g/mol. The smallest absolute Gasteiger partial charge is 0.191 e. The number of nitrogens with one attached hydrogen (secondary N) is 2. The fourth-order valence-corrected chi connectivity index (χ4v) is 2.47. The van der Waals surface area contributed by atoms with Crippen LogP contribution in [0.25, 0.3) is 0 Å². The van der Waals surface area contributed by atoms with Crippen LogP contribution in [0.2, 0.25) is 0 Å². The Morgan fingerprint density at radius 2 is 1.83 bits per heavy atom. The van der Waals surface area contributed by atoms with Crippen LogP contribution in [0.15, 0.2) is 33.7 Å². The van der Waals surface area contributed by atoms with Crippen molar-refractivity contribution in [1.29, 1.82) is 0 Å². The first-order valence-electron chi connectivity index (χ1n) is 8.28. The monoisotopic (exact) mass is 511 g/mol. The van der Waals surface area contributed by atoms with E-state index in [0.717, 1.165) is 49.6 Å². The van der Waals surface area contributed by atoms with Crippen LogP contribution in [0.3, 0.4) is 0 Å². The van der Waals surface area contributed by atoms with Gasteiger partial charge < -0.3 is 15.4 Å². The van der Waals surface area contributed by atoms with Gasteiger partial charge in [-0.15, -0.1) is 24.0 Å². The lowest BCUT2D eigenvalue weighted by Gasteiger charge is -2.27. The average Bonchev–Trinajstić information content (AvgIpc) is 2.54. The molecule has 4 nitrogen and oxygen atoms in total. The van der Waals surface area contributed by atoms with Gasteiger partial charge in [0.1, 0.15) is 0 Å². The predicted octanol–water partition coefficient (Wildman–Crippen LogP) is 4.33. The highest BCUT2D eigenvalue weighted by atomic mass is 127. The molecule has 1 aromatic carbocycles. The second-order valence-electron chi connectivity index (χ2n) is 6.15. The summed E-state index contributed by atoms with van der Waals surface area (Å²) in [6.45, 7) is 9.86. The lowest BCUT2D eigenvalue weighted by Crippen LogP contribution is -2.43. The lowest BCUT2D eigenvalue weighted by molar-refractivity contribution is 0.143. The van der Waals surface area contributed by atoms with E-state index in [4.69, 9.17) is 4.74 Å². The Bertz CT molecular complexity index is 478. The fraction of sp³-hybridized carbons (Fsp3) is 0.611. The topological polar surface area (TPSA) is 45.6 Å². The third-order valence-corrected chi connectivity index (χ3v) is 4.29. The molecule has 0 aliphatic heterocycles. The van der Waals surface area contributed by atoms with Gasteiger partial charge in [0.2, 0.25) is 0 Å². The van der Waals surface area contributed by atoms with E-state index >= 15 is 0 Å². The molecule has 1 aromatic rings. The summed E-state index contributed by atoms with van der Waals surface area (Å²) < 4.78 is 6.45. The zero-order valence-corrected chi connectivity index (χ0v) is 19.1. The standard InChI is InChI=1S/C18H30BrN3O.HI/c1-5-23-13-7-6-12-21-17(20-4)22-14-18(2,3)15-8-10-16(19)11-9-15;/h8-11H,5-7,12-14H2,1-4H3,(H2,20,21,22);1H. The van der Waals surface area contributed by atoms with Crippen molar-refractivity contribution < 1.29 is 4.74 Å². The Labute approximate surface area is 172 Å². The zero-order valence-electron chi connectivity index (χ0n) is 15.2. The molecule has 138 valence electrons. The van der Waals surface area contributed by atoms with Crippen LogP contribution >= 0.6 is 39.9 Å². The molecule has 0 heterocycles. The maximum absolute atomic E-state index is 5.34. The molecule has 0 saturated heterocycles. The van der Waals surface area contributed by atoms with E-state index in [2.05, 4.69) is 69.7 Å². The minimum atomic E-state index is 0. The second kappa shape index (κ2) is 12.9. The SMILES string of the molecule is CCOCCCCNC(=NC)NCC(C)(C)c1ccc(Br)cc1.I. The molecule has 0 bridgehead atoms. The van der Waals surface area contributed by atoms with E-state index in [1.54, 1.807) is 0 Å². The van der Waals surface area contributed by atoms with Crippen molar-refractivity contribution in [1.82, 2.24) is 10.6 Å². The minimum absolute atomic E-state index is 0. The van der Waals surface area contributed by atoms with E-state index in [1.165, 1.54) is 5.56 Å². The lowest BCUT2D eigenvalue weighted by atomic mass is 9.85. The Balaban J connectivity index is 0.00000529. The van der Waals surface area contributed by atoms with Gasteiger partial charge >= 0.3 is 0 Å². The van der Waals surface area contributed by atoms with E-state index in [0.29, 0.717) is 0 Å². The number of rotatable bonds is 9. The van der Waals surface area contributed by atoms with Crippen LogP contribution in [0.5, 0.6) is 0 Å². The summed E-state index contributed by atoms with van der Waals surface area (Å²) in [4.78, 5) is 4.29. The van der Waals surface area contributed by atoms with Gasteiger partial charge in [-0.05, 0) is 37.5 Å². The van der Waals surface area contributed by atoms with Crippen LogP contribution in [-0.4, -0.2) is 39.3 Å². The molecule has 0 atom stereocenters. The Morgan fingerprint density at radius 3 is 2.42 bits per heavy atom. The number of benzene rings is 1. The second-order valence-corrected chi connectivity index (χ2v) is 7.06. The molecular weight excluding hydrogens is 481 g/mol. The van der Waals surface area contributed by atoms with E-state index in [-0.39, 0.29) is 29.4 Å². The fourth-order valence-electron chi connectivity index (χ4n) is 2.21. The van der Waals surface area contributed by atoms with Crippen LogP contribution in [0, 0.1) is 0 Å². The molecule has 0 saturated carbocycles. The summed E-state index contributed by atoms with van der Waals surface area (Å²) >= 11 is 3.48. The highest BCUT2D eigenvalue weighted by Crippen LogP contribution is 2.23. The maximum atomic E-state index is 5.34. The summed E-state index contributed by atoms with van der Waals surface area (Å²) in [5, 5.41) is 6.78. The van der Waals surface area contributed by atoms with E-state index in [1.807, 2.05) is 14.0 Å². The first kappa shape index (κ1) is 23.7. The third kappa shape index (κ3) is 9.22. The summed E-state index contributed by atoms with van der Waals surface area (Å²) in [7, 11) is 1.81. The van der Waals surface area contributed by atoms with Gasteiger partial charge in [0.15, 0.2) is 5.96 Å². The molecule has 0 unspecified atom stereocenters. The quantitative estimate of drug-likeness (QED) is 0.224. The number of hydrogen-bond acceptors (Lipinski definition) is 2. The zero-order chi connectivity index (χ0) is 17.1. The highest BCUT2D eigenvalue weighted by Gasteiger charge is 2.20. The number of halogens is 2. The molecule has 6 heteroatoms. The Kier molecular flexibility index (Phi) is 12.8. The van der Waals surface area contributed by atoms with Crippen LogP contribution in [0.1, 0.15) is 39.2 Å². The van der Waals surface area contributed by atoms with Gasteiger partial charge in [-0.25, -0.2) is 0 Å². The summed E-state index contributed by atoms with van der Waals surface area (Å²) in [5.74, 6) is 0.853. The number of ether oxygens (including phenoxy) is 1. The number of guanidine groups is 1. The summed E-state index contributed by atoms with van der Waals surface area (Å²) in [5.41, 5.74) is 1.34. The van der Waals surface area contributed by atoms with Gasteiger partial charge in [-0.2, -0.15) is 0 Å². The molecule has 24 heavy (non-hydrogen) atoms. The van der Waals surface area contributed by atoms with E-state index < -0.39 is 0 Å². The third-order valence-electron chi connectivity index (χ3n) is 3.76. The minimum Gasteiger partial charge on any atom is -0.382 e. The predicted molar refractivity (Wildman–Crippen MR) is 118 cm³/mol. The van der Waals surface area contributed by atoms with Crippen molar-refractivity contribution >= 4 is 45.9 Å².